The summed E-state index contributed by atoms with van der Waals surface area (Å²) in [6.07, 6.45) is -0.709. The van der Waals surface area contributed by atoms with Gasteiger partial charge in [-0.2, -0.15) is 0 Å². The molecular weight excluding hydrogens is 424 g/mol. The molecule has 172 valence electrons. The van der Waals surface area contributed by atoms with Crippen LogP contribution in [0.4, 0.5) is 4.79 Å². The number of aliphatic hydroxyl groups excluding tert-OH is 1. The topological polar surface area (TPSA) is 116 Å². The predicted molar refractivity (Wildman–Crippen MR) is 118 cm³/mol. The molecule has 1 saturated carbocycles. The monoisotopic (exact) mass is 450 g/mol. The van der Waals surface area contributed by atoms with Crippen molar-refractivity contribution in [3.05, 3.63) is 59.7 Å². The highest BCUT2D eigenvalue weighted by molar-refractivity contribution is 5.87. The van der Waals surface area contributed by atoms with Gasteiger partial charge in [-0.3, -0.25) is 4.79 Å². The lowest BCUT2D eigenvalue weighted by Gasteiger charge is -2.21. The number of carbonyl (C=O) groups excluding carboxylic acids is 2. The number of rotatable bonds is 6. The number of alkyl carbamates (subject to hydrolysis) is 1. The molecule has 3 N–H and O–H groups in total. The molecule has 0 aromatic heterocycles. The van der Waals surface area contributed by atoms with Crippen molar-refractivity contribution < 1.29 is 29.3 Å². The number of benzene rings is 2. The zero-order valence-corrected chi connectivity index (χ0v) is 18.0. The molecule has 3 aliphatic rings. The Hall–Kier alpha value is -3.39. The molecule has 2 aromatic rings. The number of hydrogen-bond acceptors (Lipinski definition) is 5. The number of β-amino-alcohol motifs (C(OH)–C–C–N with tert-alkyl or cyclic N) is 1. The van der Waals surface area contributed by atoms with Gasteiger partial charge in [0, 0.05) is 31.3 Å². The standard InChI is InChI=1S/C25H26N2O6/c28-15-10-22(24(30)31)27(12-15)23(29)20-9-14(20)11-26-25(32)33-13-21-18-7-3-1-5-16(18)17-6-2-4-8-19(17)21/h1-8,14-15,20-22,28H,9-13H2,(H,26,32)(H,30,31)/t14?,15-,20?,22-/m1/s1. The van der Waals surface area contributed by atoms with Crippen LogP contribution in [0.2, 0.25) is 0 Å². The fourth-order valence-corrected chi connectivity index (χ4v) is 5.14. The van der Waals surface area contributed by atoms with Crippen LogP contribution in [0.3, 0.4) is 0 Å². The van der Waals surface area contributed by atoms with E-state index < -0.39 is 24.2 Å². The molecule has 33 heavy (non-hydrogen) atoms. The second-order valence-corrected chi connectivity index (χ2v) is 9.04. The van der Waals surface area contributed by atoms with Crippen LogP contribution in [-0.2, 0) is 14.3 Å². The van der Waals surface area contributed by atoms with Crippen LogP contribution in [0.25, 0.3) is 11.1 Å². The van der Waals surface area contributed by atoms with Gasteiger partial charge in [-0.25, -0.2) is 9.59 Å². The Bertz CT molecular complexity index is 1060. The number of aliphatic hydroxyl groups is 1. The maximum Gasteiger partial charge on any atom is 0.407 e. The molecule has 8 heteroatoms. The summed E-state index contributed by atoms with van der Waals surface area (Å²) in [5, 5.41) is 21.8. The second kappa shape index (κ2) is 8.51. The number of carboxylic acid groups (broad SMARTS) is 1. The number of aliphatic carboxylic acids is 1. The maximum atomic E-state index is 12.7. The molecule has 0 spiro atoms. The van der Waals surface area contributed by atoms with Crippen molar-refractivity contribution in [3.8, 4) is 11.1 Å². The van der Waals surface area contributed by atoms with Crippen LogP contribution in [0, 0.1) is 11.8 Å². The molecule has 2 amide bonds. The van der Waals surface area contributed by atoms with Crippen LogP contribution in [0.1, 0.15) is 29.9 Å². The van der Waals surface area contributed by atoms with Gasteiger partial charge in [0.05, 0.1) is 6.10 Å². The molecule has 1 saturated heterocycles. The van der Waals surface area contributed by atoms with E-state index in [4.69, 9.17) is 4.74 Å². The number of likely N-dealkylation sites (tertiary alicyclic amines) is 1. The Morgan fingerprint density at radius 2 is 1.64 bits per heavy atom. The van der Waals surface area contributed by atoms with Crippen molar-refractivity contribution in [3.63, 3.8) is 0 Å². The Morgan fingerprint density at radius 1 is 1.00 bits per heavy atom. The van der Waals surface area contributed by atoms with Crippen molar-refractivity contribution in [2.24, 2.45) is 11.8 Å². The van der Waals surface area contributed by atoms with Crippen LogP contribution < -0.4 is 5.32 Å². The van der Waals surface area contributed by atoms with Crippen molar-refractivity contribution in [1.82, 2.24) is 10.2 Å². The number of ether oxygens (including phenoxy) is 1. The average molecular weight is 450 g/mol. The van der Waals surface area contributed by atoms with Crippen LogP contribution in [-0.4, -0.2) is 64.9 Å². The molecule has 2 unspecified atom stereocenters. The first kappa shape index (κ1) is 21.5. The molecule has 4 atom stereocenters. The highest BCUT2D eigenvalue weighted by atomic mass is 16.5. The lowest BCUT2D eigenvalue weighted by Crippen LogP contribution is -2.42. The highest BCUT2D eigenvalue weighted by Gasteiger charge is 2.49. The van der Waals surface area contributed by atoms with E-state index in [1.54, 1.807) is 0 Å². The van der Waals surface area contributed by atoms with Gasteiger partial charge in [0.15, 0.2) is 0 Å². The van der Waals surface area contributed by atoms with E-state index >= 15 is 0 Å². The molecule has 1 heterocycles. The summed E-state index contributed by atoms with van der Waals surface area (Å²) >= 11 is 0. The normalized spacial score (nSPS) is 25.3. The third kappa shape index (κ3) is 4.06. The van der Waals surface area contributed by atoms with E-state index in [-0.39, 0.29) is 43.2 Å². The Morgan fingerprint density at radius 3 is 2.27 bits per heavy atom. The minimum Gasteiger partial charge on any atom is -0.480 e. The number of nitrogens with zero attached hydrogens (tertiary/aromatic N) is 1. The molecular formula is C25H26N2O6. The van der Waals surface area contributed by atoms with Crippen molar-refractivity contribution in [2.45, 2.75) is 30.9 Å². The average Bonchev–Trinajstić information content (AvgIpc) is 3.38. The number of carbonyl (C=O) groups is 3. The zero-order chi connectivity index (χ0) is 23.1. The minimum atomic E-state index is -1.10. The van der Waals surface area contributed by atoms with Gasteiger partial charge in [-0.15, -0.1) is 0 Å². The molecule has 1 aliphatic heterocycles. The zero-order valence-electron chi connectivity index (χ0n) is 18.0. The van der Waals surface area contributed by atoms with Gasteiger partial charge in [0.2, 0.25) is 5.91 Å². The Balaban J connectivity index is 1.12. The molecule has 5 rings (SSSR count). The summed E-state index contributed by atoms with van der Waals surface area (Å²) in [6.45, 7) is 0.554. The largest absolute Gasteiger partial charge is 0.480 e. The predicted octanol–water partition coefficient (Wildman–Crippen LogP) is 2.21. The van der Waals surface area contributed by atoms with Crippen LogP contribution in [0.15, 0.2) is 48.5 Å². The first-order valence-corrected chi connectivity index (χ1v) is 11.2. The summed E-state index contributed by atoms with van der Waals surface area (Å²) in [5.41, 5.74) is 4.60. The van der Waals surface area contributed by atoms with Gasteiger partial charge >= 0.3 is 12.1 Å². The first-order valence-electron chi connectivity index (χ1n) is 11.2. The number of hydrogen-bond donors (Lipinski definition) is 3. The summed E-state index contributed by atoms with van der Waals surface area (Å²) in [5.74, 6) is -1.77. The lowest BCUT2D eigenvalue weighted by atomic mass is 9.98. The number of nitrogens with one attached hydrogen (secondary N) is 1. The molecule has 0 bridgehead atoms. The van der Waals surface area contributed by atoms with Gasteiger partial charge in [-0.1, -0.05) is 48.5 Å². The third-order valence-corrected chi connectivity index (χ3v) is 6.94. The van der Waals surface area contributed by atoms with Gasteiger partial charge in [0.1, 0.15) is 12.6 Å². The Labute approximate surface area is 191 Å². The fraction of sp³-hybridized carbons (Fsp3) is 0.400. The van der Waals surface area contributed by atoms with Gasteiger partial charge in [0.25, 0.3) is 0 Å². The molecule has 8 nitrogen and oxygen atoms in total. The molecule has 0 radical (unpaired) electrons. The van der Waals surface area contributed by atoms with Crippen LogP contribution in [0.5, 0.6) is 0 Å². The SMILES string of the molecule is O=C(NCC1CC1C(=O)N1C[C@H](O)C[C@@H]1C(=O)O)OCC1c2ccccc2-c2ccccc21. The first-order chi connectivity index (χ1) is 15.9. The van der Waals surface area contributed by atoms with Gasteiger partial charge in [-0.05, 0) is 34.6 Å². The van der Waals surface area contributed by atoms with Crippen LogP contribution >= 0.6 is 0 Å². The lowest BCUT2D eigenvalue weighted by molar-refractivity contribution is -0.148. The van der Waals surface area contributed by atoms with Crippen molar-refractivity contribution in [2.75, 3.05) is 19.7 Å². The van der Waals surface area contributed by atoms with E-state index in [1.807, 2.05) is 24.3 Å². The quantitative estimate of drug-likeness (QED) is 0.621. The van der Waals surface area contributed by atoms with Crippen molar-refractivity contribution >= 4 is 18.0 Å². The van der Waals surface area contributed by atoms with E-state index in [1.165, 1.54) is 4.90 Å². The Kier molecular flexibility index (Phi) is 5.54. The molecule has 2 aromatic carbocycles. The van der Waals surface area contributed by atoms with E-state index in [0.717, 1.165) is 22.3 Å². The summed E-state index contributed by atoms with van der Waals surface area (Å²) in [4.78, 5) is 37.6. The summed E-state index contributed by atoms with van der Waals surface area (Å²) in [7, 11) is 0. The second-order valence-electron chi connectivity index (χ2n) is 9.04. The fourth-order valence-electron chi connectivity index (χ4n) is 5.14. The number of carboxylic acids is 1. The molecule has 2 fully saturated rings. The highest BCUT2D eigenvalue weighted by Crippen LogP contribution is 2.44. The van der Waals surface area contributed by atoms with Gasteiger partial charge < -0.3 is 25.2 Å². The minimum absolute atomic E-state index is 0.0204. The third-order valence-electron chi connectivity index (χ3n) is 6.94. The number of fused-ring (bicyclic) bond motifs is 3. The van der Waals surface area contributed by atoms with Crippen molar-refractivity contribution in [1.29, 1.82) is 0 Å². The smallest absolute Gasteiger partial charge is 0.407 e. The van der Waals surface area contributed by atoms with E-state index in [9.17, 15) is 24.6 Å². The van der Waals surface area contributed by atoms with E-state index in [2.05, 4.69) is 29.6 Å². The summed E-state index contributed by atoms with van der Waals surface area (Å²) in [6, 6.07) is 15.2. The van der Waals surface area contributed by atoms with E-state index in [0.29, 0.717) is 13.0 Å². The summed E-state index contributed by atoms with van der Waals surface area (Å²) < 4.78 is 5.52. The maximum absolute atomic E-state index is 12.7. The number of amides is 2. The molecule has 2 aliphatic carbocycles.